The monoisotopic (exact) mass is 350 g/mol. The highest BCUT2D eigenvalue weighted by Gasteiger charge is 2.22. The number of hydrogen-bond acceptors (Lipinski definition) is 4. The third kappa shape index (κ3) is 3.03. The normalized spacial score (nSPS) is 11.6. The van der Waals surface area contributed by atoms with Gasteiger partial charge in [0.2, 0.25) is 0 Å². The summed E-state index contributed by atoms with van der Waals surface area (Å²) in [7, 11) is -3.79. The van der Waals surface area contributed by atoms with Gasteiger partial charge in [-0.05, 0) is 37.1 Å². The van der Waals surface area contributed by atoms with Crippen LogP contribution in [0.15, 0.2) is 23.1 Å². The maximum atomic E-state index is 12.3. The van der Waals surface area contributed by atoms with Crippen molar-refractivity contribution in [2.45, 2.75) is 18.7 Å². The quantitative estimate of drug-likeness (QED) is 0.820. The molecule has 2 rings (SSSR count). The molecule has 2 aromatic rings. The van der Waals surface area contributed by atoms with E-state index in [0.29, 0.717) is 15.7 Å². The van der Waals surface area contributed by atoms with E-state index in [9.17, 15) is 8.42 Å². The SMILES string of the molecule is Cc1cc(C)c(NS(=O)(=O)c2cc(Cl)sc2Cl)cc1N. The van der Waals surface area contributed by atoms with Crippen LogP contribution in [-0.4, -0.2) is 8.42 Å². The summed E-state index contributed by atoms with van der Waals surface area (Å²) in [5, 5.41) is 0. The van der Waals surface area contributed by atoms with Crippen LogP contribution in [0.5, 0.6) is 0 Å². The number of rotatable bonds is 3. The van der Waals surface area contributed by atoms with Crippen LogP contribution >= 0.6 is 34.5 Å². The molecule has 0 aliphatic carbocycles. The van der Waals surface area contributed by atoms with Gasteiger partial charge in [0, 0.05) is 5.69 Å². The fourth-order valence-electron chi connectivity index (χ4n) is 1.69. The number of thiophene rings is 1. The van der Waals surface area contributed by atoms with Gasteiger partial charge in [0.25, 0.3) is 10.0 Å². The van der Waals surface area contributed by atoms with Crippen molar-refractivity contribution in [1.29, 1.82) is 0 Å². The third-order valence-corrected chi connectivity index (χ3v) is 5.89. The fourth-order valence-corrected chi connectivity index (χ4v) is 4.96. The average Bonchev–Trinajstić information content (AvgIpc) is 2.66. The highest BCUT2D eigenvalue weighted by molar-refractivity contribution is 7.93. The first-order valence-electron chi connectivity index (χ1n) is 5.55. The molecular formula is C12H12Cl2N2O2S2. The van der Waals surface area contributed by atoms with E-state index in [4.69, 9.17) is 28.9 Å². The van der Waals surface area contributed by atoms with Crippen LogP contribution in [0.1, 0.15) is 11.1 Å². The van der Waals surface area contributed by atoms with E-state index in [0.717, 1.165) is 22.5 Å². The van der Waals surface area contributed by atoms with Crippen molar-refractivity contribution in [2.24, 2.45) is 0 Å². The molecule has 108 valence electrons. The second-order valence-electron chi connectivity index (χ2n) is 4.32. The summed E-state index contributed by atoms with van der Waals surface area (Å²) in [4.78, 5) is -0.0345. The standard InChI is InChI=1S/C12H12Cl2N2O2S2/c1-6-3-7(2)9(4-8(6)15)16-20(17,18)10-5-11(13)19-12(10)14/h3-5,16H,15H2,1-2H3. The minimum atomic E-state index is -3.79. The zero-order valence-corrected chi connectivity index (χ0v) is 13.8. The molecule has 0 amide bonds. The molecule has 0 spiro atoms. The molecule has 4 nitrogen and oxygen atoms in total. The minimum Gasteiger partial charge on any atom is -0.398 e. The molecule has 0 fully saturated rings. The van der Waals surface area contributed by atoms with Crippen molar-refractivity contribution in [1.82, 2.24) is 0 Å². The Morgan fingerprint density at radius 2 is 1.80 bits per heavy atom. The van der Waals surface area contributed by atoms with E-state index in [1.54, 1.807) is 13.0 Å². The van der Waals surface area contributed by atoms with Gasteiger partial charge in [-0.25, -0.2) is 8.42 Å². The van der Waals surface area contributed by atoms with Crippen LogP contribution in [0.25, 0.3) is 0 Å². The van der Waals surface area contributed by atoms with Crippen molar-refractivity contribution in [3.63, 3.8) is 0 Å². The van der Waals surface area contributed by atoms with Gasteiger partial charge in [-0.2, -0.15) is 0 Å². The Bertz CT molecular complexity index is 770. The number of sulfonamides is 1. The maximum Gasteiger partial charge on any atom is 0.264 e. The first kappa shape index (κ1) is 15.4. The summed E-state index contributed by atoms with van der Waals surface area (Å²) < 4.78 is 27.5. The first-order chi connectivity index (χ1) is 9.20. The zero-order chi connectivity index (χ0) is 15.1. The van der Waals surface area contributed by atoms with Crippen LogP contribution in [0.2, 0.25) is 8.67 Å². The Kier molecular flexibility index (Phi) is 4.20. The number of nitrogen functional groups attached to an aromatic ring is 1. The zero-order valence-electron chi connectivity index (χ0n) is 10.7. The molecule has 0 aliphatic heterocycles. The van der Waals surface area contributed by atoms with E-state index in [2.05, 4.69) is 4.72 Å². The molecule has 3 N–H and O–H groups in total. The lowest BCUT2D eigenvalue weighted by atomic mass is 10.1. The largest absolute Gasteiger partial charge is 0.398 e. The first-order valence-corrected chi connectivity index (χ1v) is 8.60. The van der Waals surface area contributed by atoms with Crippen molar-refractivity contribution in [3.05, 3.63) is 38.0 Å². The van der Waals surface area contributed by atoms with E-state index in [1.807, 2.05) is 13.0 Å². The Labute approximate surface area is 131 Å². The molecule has 0 bridgehead atoms. The number of hydrogen-bond donors (Lipinski definition) is 2. The Morgan fingerprint density at radius 1 is 1.15 bits per heavy atom. The van der Waals surface area contributed by atoms with Gasteiger partial charge in [-0.1, -0.05) is 29.3 Å². The fraction of sp³-hybridized carbons (Fsp3) is 0.167. The number of halogens is 2. The number of benzene rings is 1. The van der Waals surface area contributed by atoms with Crippen LogP contribution in [-0.2, 0) is 10.0 Å². The Hall–Kier alpha value is -0.950. The van der Waals surface area contributed by atoms with Crippen molar-refractivity contribution >= 4 is 55.9 Å². The van der Waals surface area contributed by atoms with Gasteiger partial charge in [0.1, 0.15) is 9.23 Å². The van der Waals surface area contributed by atoms with E-state index < -0.39 is 10.0 Å². The summed E-state index contributed by atoms with van der Waals surface area (Å²) in [6, 6.07) is 4.73. The summed E-state index contributed by atoms with van der Waals surface area (Å²) in [5.74, 6) is 0. The van der Waals surface area contributed by atoms with Crippen molar-refractivity contribution in [3.8, 4) is 0 Å². The Balaban J connectivity index is 2.43. The lowest BCUT2D eigenvalue weighted by Crippen LogP contribution is -2.13. The van der Waals surface area contributed by atoms with Gasteiger partial charge < -0.3 is 5.73 Å². The number of aryl methyl sites for hydroxylation is 2. The molecule has 8 heteroatoms. The third-order valence-electron chi connectivity index (χ3n) is 2.77. The average molecular weight is 351 g/mol. The molecule has 0 saturated carbocycles. The number of nitrogens with one attached hydrogen (secondary N) is 1. The van der Waals surface area contributed by atoms with Gasteiger partial charge in [0.05, 0.1) is 10.0 Å². The summed E-state index contributed by atoms with van der Waals surface area (Å²) >= 11 is 12.7. The highest BCUT2D eigenvalue weighted by atomic mass is 35.5. The van der Waals surface area contributed by atoms with Crippen molar-refractivity contribution in [2.75, 3.05) is 10.5 Å². The maximum absolute atomic E-state index is 12.3. The van der Waals surface area contributed by atoms with Crippen LogP contribution in [0, 0.1) is 13.8 Å². The molecule has 1 heterocycles. The molecular weight excluding hydrogens is 339 g/mol. The van der Waals surface area contributed by atoms with E-state index in [1.165, 1.54) is 6.07 Å². The number of anilines is 2. The smallest absolute Gasteiger partial charge is 0.264 e. The minimum absolute atomic E-state index is 0.0345. The molecule has 0 atom stereocenters. The van der Waals surface area contributed by atoms with Crippen LogP contribution < -0.4 is 10.5 Å². The lowest BCUT2D eigenvalue weighted by Gasteiger charge is -2.12. The molecule has 0 unspecified atom stereocenters. The predicted molar refractivity (Wildman–Crippen MR) is 85.5 cm³/mol. The lowest BCUT2D eigenvalue weighted by molar-refractivity contribution is 0.601. The van der Waals surface area contributed by atoms with E-state index >= 15 is 0 Å². The summed E-state index contributed by atoms with van der Waals surface area (Å²) in [6.07, 6.45) is 0. The Morgan fingerprint density at radius 3 is 2.35 bits per heavy atom. The summed E-state index contributed by atoms with van der Waals surface area (Å²) in [5.41, 5.74) is 8.41. The molecule has 1 aromatic carbocycles. The van der Waals surface area contributed by atoms with Gasteiger partial charge in [0.15, 0.2) is 0 Å². The molecule has 1 aromatic heterocycles. The molecule has 0 saturated heterocycles. The highest BCUT2D eigenvalue weighted by Crippen LogP contribution is 2.35. The van der Waals surface area contributed by atoms with Crippen LogP contribution in [0.4, 0.5) is 11.4 Å². The molecule has 0 radical (unpaired) electrons. The predicted octanol–water partition coefficient (Wildman–Crippen LogP) is 4.05. The molecule has 20 heavy (non-hydrogen) atoms. The molecule has 0 aliphatic rings. The number of nitrogens with two attached hydrogens (primary N) is 1. The topological polar surface area (TPSA) is 72.2 Å². The van der Waals surface area contributed by atoms with E-state index in [-0.39, 0.29) is 9.23 Å². The van der Waals surface area contributed by atoms with Gasteiger partial charge in [-0.3, -0.25) is 4.72 Å². The van der Waals surface area contributed by atoms with Gasteiger partial charge >= 0.3 is 0 Å². The second kappa shape index (κ2) is 5.44. The summed E-state index contributed by atoms with van der Waals surface area (Å²) in [6.45, 7) is 3.66. The van der Waals surface area contributed by atoms with Crippen molar-refractivity contribution < 1.29 is 8.42 Å². The van der Waals surface area contributed by atoms with Gasteiger partial charge in [-0.15, -0.1) is 11.3 Å². The second-order valence-corrected chi connectivity index (χ2v) is 8.25. The van der Waals surface area contributed by atoms with Crippen LogP contribution in [0.3, 0.4) is 0 Å².